The van der Waals surface area contributed by atoms with Gasteiger partial charge in [-0.15, -0.1) is 0 Å². The van der Waals surface area contributed by atoms with Gasteiger partial charge < -0.3 is 10.5 Å². The molecule has 1 aromatic carbocycles. The molecule has 22 heavy (non-hydrogen) atoms. The van der Waals surface area contributed by atoms with Crippen molar-refractivity contribution in [1.29, 1.82) is 0 Å². The first-order valence-electron chi connectivity index (χ1n) is 7.85. The highest BCUT2D eigenvalue weighted by molar-refractivity contribution is 9.18. The molecule has 0 spiro atoms. The maximum atomic E-state index is 5.65. The summed E-state index contributed by atoms with van der Waals surface area (Å²) in [6.45, 7) is 8.47. The lowest BCUT2D eigenvalue weighted by Gasteiger charge is -2.32. The number of aryl methyl sites for hydroxylation is 1. The van der Waals surface area contributed by atoms with E-state index in [1.54, 1.807) is 7.11 Å². The molecule has 1 atom stereocenters. The van der Waals surface area contributed by atoms with Crippen LogP contribution >= 0.6 is 15.9 Å². The molecule has 0 amide bonds. The van der Waals surface area contributed by atoms with Gasteiger partial charge in [0.1, 0.15) is 5.75 Å². The molecule has 1 saturated heterocycles. The van der Waals surface area contributed by atoms with E-state index in [9.17, 15) is 0 Å². The predicted molar refractivity (Wildman–Crippen MR) is 95.9 cm³/mol. The normalized spacial score (nSPS) is 19.6. The molecule has 1 unspecified atom stereocenters. The molecule has 1 aromatic rings. The van der Waals surface area contributed by atoms with Crippen LogP contribution in [-0.4, -0.2) is 30.0 Å². The quantitative estimate of drug-likeness (QED) is 0.498. The van der Waals surface area contributed by atoms with Crippen LogP contribution in [0.1, 0.15) is 55.2 Å². The monoisotopic (exact) mass is 367 g/mol. The Morgan fingerprint density at radius 3 is 2.77 bits per heavy atom. The molecule has 0 aliphatic carbocycles. The second kappa shape index (κ2) is 7.36. The average molecular weight is 368 g/mol. The molecule has 5 heteroatoms. The van der Waals surface area contributed by atoms with E-state index in [2.05, 4.69) is 58.9 Å². The smallest absolute Gasteiger partial charge is 0.186 e. The minimum atomic E-state index is 0.447. The SMILES string of the molecule is COc1cc(C)c(C2CCCN(/N=C(\N)Br)C2)cc1C(C)C. The zero-order chi connectivity index (χ0) is 16.3. The van der Waals surface area contributed by atoms with Gasteiger partial charge in [-0.1, -0.05) is 19.9 Å². The average Bonchev–Trinajstić information content (AvgIpc) is 2.46. The third-order valence-corrected chi connectivity index (χ3v) is 4.48. The van der Waals surface area contributed by atoms with Crippen molar-refractivity contribution in [3.63, 3.8) is 0 Å². The molecule has 2 rings (SSSR count). The Morgan fingerprint density at radius 1 is 1.45 bits per heavy atom. The second-order valence-corrected chi connectivity index (χ2v) is 7.09. The summed E-state index contributed by atoms with van der Waals surface area (Å²) in [7, 11) is 1.75. The van der Waals surface area contributed by atoms with Gasteiger partial charge in [0.15, 0.2) is 4.74 Å². The number of methoxy groups -OCH3 is 1. The molecule has 4 nitrogen and oxygen atoms in total. The van der Waals surface area contributed by atoms with Crippen LogP contribution in [-0.2, 0) is 0 Å². The standard InChI is InChI=1S/C17H26BrN3O/c1-11(2)14-9-15(12(3)8-16(14)22-4)13-6-5-7-21(10-13)20-17(18)19/h8-9,11,13H,5-7,10H2,1-4H3,(H2,19,20). The van der Waals surface area contributed by atoms with Gasteiger partial charge in [0.2, 0.25) is 0 Å². The highest BCUT2D eigenvalue weighted by atomic mass is 79.9. The van der Waals surface area contributed by atoms with Gasteiger partial charge in [-0.05, 0) is 64.4 Å². The van der Waals surface area contributed by atoms with E-state index in [1.165, 1.54) is 23.1 Å². The van der Waals surface area contributed by atoms with Crippen molar-refractivity contribution >= 4 is 20.7 Å². The van der Waals surface area contributed by atoms with Crippen molar-refractivity contribution in [2.24, 2.45) is 10.8 Å². The van der Waals surface area contributed by atoms with E-state index >= 15 is 0 Å². The Hall–Kier alpha value is -1.23. The molecule has 1 aliphatic rings. The molecule has 0 bridgehead atoms. The van der Waals surface area contributed by atoms with Gasteiger partial charge in [0.25, 0.3) is 0 Å². The molecule has 1 heterocycles. The number of hydrazone groups is 1. The fourth-order valence-corrected chi connectivity index (χ4v) is 3.44. The van der Waals surface area contributed by atoms with E-state index in [0.29, 0.717) is 16.6 Å². The third kappa shape index (κ3) is 3.94. The number of piperidine rings is 1. The Labute approximate surface area is 141 Å². The fraction of sp³-hybridized carbons (Fsp3) is 0.588. The maximum Gasteiger partial charge on any atom is 0.186 e. The molecule has 1 aliphatic heterocycles. The number of benzene rings is 1. The zero-order valence-corrected chi connectivity index (χ0v) is 15.5. The molecular formula is C17H26BrN3O. The topological polar surface area (TPSA) is 50.8 Å². The van der Waals surface area contributed by atoms with E-state index < -0.39 is 0 Å². The first-order chi connectivity index (χ1) is 10.4. The molecule has 1 fully saturated rings. The summed E-state index contributed by atoms with van der Waals surface area (Å²) in [4.78, 5) is 0. The predicted octanol–water partition coefficient (Wildman–Crippen LogP) is 3.93. The van der Waals surface area contributed by atoms with Gasteiger partial charge in [-0.25, -0.2) is 0 Å². The van der Waals surface area contributed by atoms with Gasteiger partial charge in [0.05, 0.1) is 7.11 Å². The number of hydrogen-bond acceptors (Lipinski definition) is 3. The van der Waals surface area contributed by atoms with Crippen LogP contribution < -0.4 is 10.5 Å². The molecule has 122 valence electrons. The molecule has 2 N–H and O–H groups in total. The minimum Gasteiger partial charge on any atom is -0.496 e. The van der Waals surface area contributed by atoms with E-state index in [-0.39, 0.29) is 0 Å². The van der Waals surface area contributed by atoms with Crippen molar-refractivity contribution in [1.82, 2.24) is 5.01 Å². The Morgan fingerprint density at radius 2 is 2.18 bits per heavy atom. The lowest BCUT2D eigenvalue weighted by atomic mass is 9.85. The summed E-state index contributed by atoms with van der Waals surface area (Å²) in [5.74, 6) is 1.93. The minimum absolute atomic E-state index is 0.447. The van der Waals surface area contributed by atoms with Gasteiger partial charge in [0, 0.05) is 19.0 Å². The lowest BCUT2D eigenvalue weighted by Crippen LogP contribution is -2.32. The number of hydrogen-bond donors (Lipinski definition) is 1. The van der Waals surface area contributed by atoms with Crippen LogP contribution in [0.2, 0.25) is 0 Å². The Kier molecular flexibility index (Phi) is 5.73. The molecule has 0 radical (unpaired) electrons. The molecule has 0 saturated carbocycles. The number of ether oxygens (including phenoxy) is 1. The number of amidine groups is 1. The summed E-state index contributed by atoms with van der Waals surface area (Å²) in [5, 5.41) is 6.42. The number of rotatable bonds is 4. The van der Waals surface area contributed by atoms with Crippen molar-refractivity contribution < 1.29 is 4.74 Å². The van der Waals surface area contributed by atoms with E-state index in [1.807, 2.05) is 0 Å². The third-order valence-electron chi connectivity index (χ3n) is 4.32. The van der Waals surface area contributed by atoms with Gasteiger partial charge in [-0.3, -0.25) is 5.01 Å². The molecule has 0 aromatic heterocycles. The van der Waals surface area contributed by atoms with E-state index in [4.69, 9.17) is 10.5 Å². The maximum absolute atomic E-state index is 5.65. The summed E-state index contributed by atoms with van der Waals surface area (Å²) >= 11 is 3.22. The summed E-state index contributed by atoms with van der Waals surface area (Å²) in [6.07, 6.45) is 2.33. The largest absolute Gasteiger partial charge is 0.496 e. The van der Waals surface area contributed by atoms with Crippen molar-refractivity contribution in [3.05, 3.63) is 28.8 Å². The summed E-state index contributed by atoms with van der Waals surface area (Å²) < 4.78 is 6.00. The highest BCUT2D eigenvalue weighted by Crippen LogP contribution is 2.36. The first kappa shape index (κ1) is 17.1. The van der Waals surface area contributed by atoms with Crippen LogP contribution in [0, 0.1) is 6.92 Å². The number of nitrogens with two attached hydrogens (primary N) is 1. The van der Waals surface area contributed by atoms with Crippen LogP contribution in [0.25, 0.3) is 0 Å². The Bertz CT molecular complexity index is 553. The summed E-state index contributed by atoms with van der Waals surface area (Å²) in [6, 6.07) is 4.50. The Balaban J connectivity index is 2.31. The zero-order valence-electron chi connectivity index (χ0n) is 13.9. The van der Waals surface area contributed by atoms with Crippen molar-refractivity contribution in [2.45, 2.75) is 45.4 Å². The number of halogens is 1. The molecular weight excluding hydrogens is 342 g/mol. The van der Waals surface area contributed by atoms with E-state index in [0.717, 1.165) is 25.3 Å². The van der Waals surface area contributed by atoms with Crippen LogP contribution in [0.15, 0.2) is 17.2 Å². The number of nitrogens with zero attached hydrogens (tertiary/aromatic N) is 2. The van der Waals surface area contributed by atoms with Gasteiger partial charge in [-0.2, -0.15) is 5.10 Å². The van der Waals surface area contributed by atoms with Crippen molar-refractivity contribution in [2.75, 3.05) is 20.2 Å². The van der Waals surface area contributed by atoms with Crippen LogP contribution in [0.4, 0.5) is 0 Å². The first-order valence-corrected chi connectivity index (χ1v) is 8.64. The summed E-state index contributed by atoms with van der Waals surface area (Å²) in [5.41, 5.74) is 9.64. The van der Waals surface area contributed by atoms with Crippen molar-refractivity contribution in [3.8, 4) is 5.75 Å². The fourth-order valence-electron chi connectivity index (χ4n) is 3.22. The van der Waals surface area contributed by atoms with Gasteiger partial charge >= 0.3 is 0 Å². The van der Waals surface area contributed by atoms with Crippen LogP contribution in [0.3, 0.4) is 0 Å². The lowest BCUT2D eigenvalue weighted by molar-refractivity contribution is 0.217. The van der Waals surface area contributed by atoms with Crippen LogP contribution in [0.5, 0.6) is 5.75 Å². The highest BCUT2D eigenvalue weighted by Gasteiger charge is 2.23. The second-order valence-electron chi connectivity index (χ2n) is 6.28.